The van der Waals surface area contributed by atoms with Crippen LogP contribution in [0.4, 0.5) is 4.39 Å². The average Bonchev–Trinajstić information content (AvgIpc) is 3.17. The van der Waals surface area contributed by atoms with Crippen molar-refractivity contribution in [3.63, 3.8) is 0 Å². The zero-order valence-corrected chi connectivity index (χ0v) is 12.4. The molecule has 1 spiro atoms. The van der Waals surface area contributed by atoms with E-state index in [1.807, 2.05) is 11.0 Å². The molecule has 0 bridgehead atoms. The SMILES string of the molecule is CSCCCN1C(=O)C2(CC2)NC1c1ccccc1F. The second kappa shape index (κ2) is 5.37. The molecule has 0 radical (unpaired) electrons. The van der Waals surface area contributed by atoms with E-state index in [1.54, 1.807) is 23.9 Å². The fraction of sp³-hybridized carbons (Fsp3) is 0.533. The highest BCUT2D eigenvalue weighted by Gasteiger charge is 2.59. The van der Waals surface area contributed by atoms with E-state index in [9.17, 15) is 9.18 Å². The van der Waals surface area contributed by atoms with E-state index in [0.717, 1.165) is 25.0 Å². The molecule has 2 fully saturated rings. The highest BCUT2D eigenvalue weighted by molar-refractivity contribution is 7.98. The van der Waals surface area contributed by atoms with Crippen LogP contribution in [0.3, 0.4) is 0 Å². The maximum absolute atomic E-state index is 14.0. The van der Waals surface area contributed by atoms with Crippen molar-refractivity contribution in [3.05, 3.63) is 35.6 Å². The predicted octanol–water partition coefficient (Wildman–Crippen LogP) is 2.54. The van der Waals surface area contributed by atoms with Crippen molar-refractivity contribution in [3.8, 4) is 0 Å². The monoisotopic (exact) mass is 294 g/mol. The van der Waals surface area contributed by atoms with Crippen molar-refractivity contribution in [2.75, 3.05) is 18.6 Å². The fourth-order valence-corrected chi connectivity index (χ4v) is 3.25. The Morgan fingerprint density at radius 2 is 2.20 bits per heavy atom. The standard InChI is InChI=1S/C15H19FN2OS/c1-20-10-4-9-18-13(11-5-2-3-6-12(11)16)17-15(7-8-15)14(18)19/h2-3,5-6,13,17H,4,7-10H2,1H3. The first-order valence-electron chi connectivity index (χ1n) is 7.00. The van der Waals surface area contributed by atoms with E-state index in [-0.39, 0.29) is 17.9 Å². The zero-order valence-electron chi connectivity index (χ0n) is 11.6. The van der Waals surface area contributed by atoms with Crippen molar-refractivity contribution in [2.45, 2.75) is 31.0 Å². The summed E-state index contributed by atoms with van der Waals surface area (Å²) in [5, 5.41) is 3.35. The Hall–Kier alpha value is -1.07. The Morgan fingerprint density at radius 3 is 2.85 bits per heavy atom. The van der Waals surface area contributed by atoms with Crippen LogP contribution in [0.25, 0.3) is 0 Å². The number of rotatable bonds is 5. The summed E-state index contributed by atoms with van der Waals surface area (Å²) in [6.07, 6.45) is 4.43. The molecule has 108 valence electrons. The van der Waals surface area contributed by atoms with Crippen LogP contribution in [0.15, 0.2) is 24.3 Å². The number of benzene rings is 1. The summed E-state index contributed by atoms with van der Waals surface area (Å²) in [7, 11) is 0. The molecule has 2 aliphatic rings. The van der Waals surface area contributed by atoms with Gasteiger partial charge < -0.3 is 4.90 Å². The molecule has 1 saturated heterocycles. The molecule has 3 rings (SSSR count). The van der Waals surface area contributed by atoms with E-state index in [4.69, 9.17) is 0 Å². The number of nitrogens with one attached hydrogen (secondary N) is 1. The molecule has 20 heavy (non-hydrogen) atoms. The van der Waals surface area contributed by atoms with Crippen LogP contribution in [0, 0.1) is 5.82 Å². The quantitative estimate of drug-likeness (QED) is 0.847. The van der Waals surface area contributed by atoms with Crippen LogP contribution in [0.1, 0.15) is 31.0 Å². The van der Waals surface area contributed by atoms with Crippen molar-refractivity contribution < 1.29 is 9.18 Å². The molecule has 1 aliphatic carbocycles. The van der Waals surface area contributed by atoms with Gasteiger partial charge >= 0.3 is 0 Å². The first-order valence-corrected chi connectivity index (χ1v) is 8.39. The molecule has 1 aromatic rings. The molecule has 1 aromatic carbocycles. The van der Waals surface area contributed by atoms with Crippen molar-refractivity contribution >= 4 is 17.7 Å². The van der Waals surface area contributed by atoms with Gasteiger partial charge in [0.1, 0.15) is 17.5 Å². The van der Waals surface area contributed by atoms with Crippen molar-refractivity contribution in [1.82, 2.24) is 10.2 Å². The van der Waals surface area contributed by atoms with Gasteiger partial charge in [-0.25, -0.2) is 4.39 Å². The molecule has 1 heterocycles. The highest BCUT2D eigenvalue weighted by Crippen LogP contribution is 2.46. The lowest BCUT2D eigenvalue weighted by molar-refractivity contribution is -0.130. The Morgan fingerprint density at radius 1 is 1.45 bits per heavy atom. The smallest absolute Gasteiger partial charge is 0.244 e. The second-order valence-electron chi connectivity index (χ2n) is 5.50. The summed E-state index contributed by atoms with van der Waals surface area (Å²) in [4.78, 5) is 14.3. The maximum Gasteiger partial charge on any atom is 0.244 e. The molecule has 1 aliphatic heterocycles. The summed E-state index contributed by atoms with van der Waals surface area (Å²) in [5.74, 6) is 0.915. The second-order valence-corrected chi connectivity index (χ2v) is 6.48. The van der Waals surface area contributed by atoms with Crippen LogP contribution in [-0.2, 0) is 4.79 Å². The van der Waals surface area contributed by atoms with Gasteiger partial charge in [-0.2, -0.15) is 11.8 Å². The minimum Gasteiger partial charge on any atom is -0.321 e. The largest absolute Gasteiger partial charge is 0.321 e. The fourth-order valence-electron chi connectivity index (χ4n) is 2.83. The minimum absolute atomic E-state index is 0.145. The molecule has 1 unspecified atom stereocenters. The topological polar surface area (TPSA) is 32.3 Å². The summed E-state index contributed by atoms with van der Waals surface area (Å²) in [6, 6.07) is 6.73. The summed E-state index contributed by atoms with van der Waals surface area (Å²) in [6.45, 7) is 0.688. The van der Waals surface area contributed by atoms with Crippen LogP contribution >= 0.6 is 11.8 Å². The van der Waals surface area contributed by atoms with Gasteiger partial charge in [0, 0.05) is 12.1 Å². The predicted molar refractivity (Wildman–Crippen MR) is 79.0 cm³/mol. The molecule has 1 N–H and O–H groups in total. The Balaban J connectivity index is 1.84. The summed E-state index contributed by atoms with van der Waals surface area (Å²) >= 11 is 1.77. The third-order valence-electron chi connectivity index (χ3n) is 4.09. The number of carbonyl (C=O) groups excluding carboxylic acids is 1. The molecule has 5 heteroatoms. The molecular formula is C15H19FN2OS. The first-order chi connectivity index (χ1) is 9.68. The molecule has 1 amide bonds. The van der Waals surface area contributed by atoms with E-state index in [2.05, 4.69) is 11.6 Å². The first kappa shape index (κ1) is 13.9. The lowest BCUT2D eigenvalue weighted by Gasteiger charge is -2.24. The number of halogens is 1. The lowest BCUT2D eigenvalue weighted by Crippen LogP contribution is -2.33. The Kier molecular flexibility index (Phi) is 3.73. The van der Waals surface area contributed by atoms with Gasteiger partial charge in [-0.05, 0) is 37.3 Å². The number of carbonyl (C=O) groups is 1. The highest BCUT2D eigenvalue weighted by atomic mass is 32.2. The molecule has 1 atom stereocenters. The van der Waals surface area contributed by atoms with Gasteiger partial charge in [-0.1, -0.05) is 18.2 Å². The number of nitrogens with zero attached hydrogens (tertiary/aromatic N) is 1. The van der Waals surface area contributed by atoms with Gasteiger partial charge in [0.25, 0.3) is 0 Å². The minimum atomic E-state index is -0.397. The third-order valence-corrected chi connectivity index (χ3v) is 4.79. The number of thioether (sulfide) groups is 1. The summed E-state index contributed by atoms with van der Waals surface area (Å²) < 4.78 is 14.0. The van der Waals surface area contributed by atoms with E-state index >= 15 is 0 Å². The van der Waals surface area contributed by atoms with Crippen molar-refractivity contribution in [2.24, 2.45) is 0 Å². The maximum atomic E-state index is 14.0. The number of hydrogen-bond donors (Lipinski definition) is 1. The lowest BCUT2D eigenvalue weighted by atomic mass is 10.1. The number of hydrogen-bond acceptors (Lipinski definition) is 3. The van der Waals surface area contributed by atoms with Crippen LogP contribution in [-0.4, -0.2) is 34.9 Å². The molecule has 3 nitrogen and oxygen atoms in total. The van der Waals surface area contributed by atoms with Gasteiger partial charge in [-0.15, -0.1) is 0 Å². The van der Waals surface area contributed by atoms with Gasteiger partial charge in [0.2, 0.25) is 5.91 Å². The van der Waals surface area contributed by atoms with Gasteiger partial charge in [-0.3, -0.25) is 10.1 Å². The molecule has 1 saturated carbocycles. The normalized spacial score (nSPS) is 23.6. The van der Waals surface area contributed by atoms with E-state index < -0.39 is 5.54 Å². The molecular weight excluding hydrogens is 275 g/mol. The van der Waals surface area contributed by atoms with Crippen LogP contribution in [0.5, 0.6) is 0 Å². The Bertz CT molecular complexity index is 518. The van der Waals surface area contributed by atoms with Crippen LogP contribution in [0.2, 0.25) is 0 Å². The summed E-state index contributed by atoms with van der Waals surface area (Å²) in [5.41, 5.74) is 0.181. The molecule has 0 aromatic heterocycles. The third kappa shape index (κ3) is 2.33. The van der Waals surface area contributed by atoms with Gasteiger partial charge in [0.15, 0.2) is 0 Å². The van der Waals surface area contributed by atoms with Crippen LogP contribution < -0.4 is 5.32 Å². The Labute approximate surface area is 122 Å². The van der Waals surface area contributed by atoms with E-state index in [0.29, 0.717) is 12.1 Å². The van der Waals surface area contributed by atoms with E-state index in [1.165, 1.54) is 6.07 Å². The van der Waals surface area contributed by atoms with Gasteiger partial charge in [0.05, 0.1) is 0 Å². The van der Waals surface area contributed by atoms with Crippen molar-refractivity contribution in [1.29, 1.82) is 0 Å². The average molecular weight is 294 g/mol. The zero-order chi connectivity index (χ0) is 14.2. The number of amides is 1.